The number of unbranched alkanes of at least 4 members (excludes halogenated alkanes) is 1. The molecule has 1 heterocycles. The quantitative estimate of drug-likeness (QED) is 0.521. The molecule has 0 unspecified atom stereocenters. The van der Waals surface area contributed by atoms with E-state index < -0.39 is 0 Å². The molecule has 7 nitrogen and oxygen atoms in total. The first kappa shape index (κ1) is 20.8. The molecule has 0 atom stereocenters. The maximum Gasteiger partial charge on any atom is 0.291 e. The molecule has 2 N–H and O–H groups in total. The van der Waals surface area contributed by atoms with Crippen LogP contribution in [0.3, 0.4) is 0 Å². The van der Waals surface area contributed by atoms with Gasteiger partial charge in [-0.05, 0) is 49.1 Å². The Morgan fingerprint density at radius 1 is 1.00 bits per heavy atom. The van der Waals surface area contributed by atoms with Gasteiger partial charge in [0.2, 0.25) is 5.82 Å². The normalized spacial score (nSPS) is 13.1. The minimum atomic E-state index is -0.307. The fraction of sp³-hybridized carbons (Fsp3) is 0.333. The highest BCUT2D eigenvalue weighted by atomic mass is 16.2. The van der Waals surface area contributed by atoms with Gasteiger partial charge < -0.3 is 10.6 Å². The van der Waals surface area contributed by atoms with Crippen molar-refractivity contribution in [1.82, 2.24) is 25.4 Å². The summed E-state index contributed by atoms with van der Waals surface area (Å²) in [7, 11) is 0. The molecule has 4 rings (SSSR count). The summed E-state index contributed by atoms with van der Waals surface area (Å²) >= 11 is 0. The Morgan fingerprint density at radius 3 is 2.42 bits per heavy atom. The molecule has 0 radical (unpaired) electrons. The van der Waals surface area contributed by atoms with Gasteiger partial charge in [-0.15, -0.1) is 5.10 Å². The van der Waals surface area contributed by atoms with Crippen LogP contribution < -0.4 is 10.6 Å². The van der Waals surface area contributed by atoms with E-state index in [-0.39, 0.29) is 17.6 Å². The van der Waals surface area contributed by atoms with Crippen LogP contribution in [0.5, 0.6) is 0 Å². The van der Waals surface area contributed by atoms with Crippen molar-refractivity contribution >= 4 is 11.8 Å². The fourth-order valence-electron chi connectivity index (χ4n) is 3.30. The third kappa shape index (κ3) is 5.17. The minimum absolute atomic E-state index is 0.0766. The molecule has 1 saturated carbocycles. The molecule has 3 aromatic rings. The van der Waals surface area contributed by atoms with Crippen molar-refractivity contribution in [3.63, 3.8) is 0 Å². The van der Waals surface area contributed by atoms with E-state index in [1.54, 1.807) is 16.8 Å². The standard InChI is InChI=1S/C24H27N5O2/c1-2-3-15-25-23(30)19-11-9-17(10-12-19)16-26-24(31)21-27-22(18-13-14-18)29(28-21)20-7-5-4-6-8-20/h4-12,18H,2-3,13-16H2,1H3,(H,25,30)(H,26,31). The van der Waals surface area contributed by atoms with Crippen LogP contribution in [0, 0.1) is 0 Å². The number of hydrogen-bond acceptors (Lipinski definition) is 4. The van der Waals surface area contributed by atoms with Crippen molar-refractivity contribution in [1.29, 1.82) is 0 Å². The van der Waals surface area contributed by atoms with Gasteiger partial charge in [0.25, 0.3) is 11.8 Å². The van der Waals surface area contributed by atoms with Gasteiger partial charge in [0.15, 0.2) is 0 Å². The highest BCUT2D eigenvalue weighted by Crippen LogP contribution is 2.39. The molecule has 0 aliphatic heterocycles. The number of aromatic nitrogens is 3. The predicted octanol–water partition coefficient (Wildman–Crippen LogP) is 3.60. The van der Waals surface area contributed by atoms with Gasteiger partial charge in [-0.3, -0.25) is 9.59 Å². The first-order valence-corrected chi connectivity index (χ1v) is 10.8. The average molecular weight is 418 g/mol. The van der Waals surface area contributed by atoms with Crippen LogP contribution in [0.4, 0.5) is 0 Å². The average Bonchev–Trinajstić information content (AvgIpc) is 3.56. The van der Waals surface area contributed by atoms with E-state index in [9.17, 15) is 9.59 Å². The van der Waals surface area contributed by atoms with Crippen LogP contribution in [0.1, 0.15) is 70.9 Å². The third-order valence-electron chi connectivity index (χ3n) is 5.26. The summed E-state index contributed by atoms with van der Waals surface area (Å²) in [6.07, 6.45) is 4.15. The number of carbonyl (C=O) groups is 2. The minimum Gasteiger partial charge on any atom is -0.352 e. The third-order valence-corrected chi connectivity index (χ3v) is 5.26. The summed E-state index contributed by atoms with van der Waals surface area (Å²) < 4.78 is 1.78. The lowest BCUT2D eigenvalue weighted by Crippen LogP contribution is -2.25. The van der Waals surface area contributed by atoms with E-state index >= 15 is 0 Å². The van der Waals surface area contributed by atoms with Gasteiger partial charge in [-0.25, -0.2) is 9.67 Å². The second-order valence-corrected chi connectivity index (χ2v) is 7.80. The van der Waals surface area contributed by atoms with Gasteiger partial charge >= 0.3 is 0 Å². The fourth-order valence-corrected chi connectivity index (χ4v) is 3.30. The molecule has 7 heteroatoms. The largest absolute Gasteiger partial charge is 0.352 e. The number of amides is 2. The molecular weight excluding hydrogens is 390 g/mol. The second-order valence-electron chi connectivity index (χ2n) is 7.80. The molecule has 2 aromatic carbocycles. The predicted molar refractivity (Wildman–Crippen MR) is 118 cm³/mol. The van der Waals surface area contributed by atoms with Crippen LogP contribution in [-0.2, 0) is 6.54 Å². The zero-order chi connectivity index (χ0) is 21.6. The number of para-hydroxylation sites is 1. The van der Waals surface area contributed by atoms with E-state index in [2.05, 4.69) is 27.6 Å². The first-order chi connectivity index (χ1) is 15.2. The number of carbonyl (C=O) groups excluding carboxylic acids is 2. The zero-order valence-corrected chi connectivity index (χ0v) is 17.7. The van der Waals surface area contributed by atoms with Gasteiger partial charge in [0, 0.05) is 24.6 Å². The molecule has 31 heavy (non-hydrogen) atoms. The van der Waals surface area contributed by atoms with E-state index in [1.807, 2.05) is 42.5 Å². The second kappa shape index (κ2) is 9.55. The van der Waals surface area contributed by atoms with Gasteiger partial charge in [-0.2, -0.15) is 0 Å². The lowest BCUT2D eigenvalue weighted by Gasteiger charge is -2.06. The SMILES string of the molecule is CCCCNC(=O)c1ccc(CNC(=O)c2nc(C3CC3)n(-c3ccccc3)n2)cc1. The Morgan fingerprint density at radius 2 is 1.74 bits per heavy atom. The maximum atomic E-state index is 12.7. The number of hydrogen-bond donors (Lipinski definition) is 2. The highest BCUT2D eigenvalue weighted by molar-refractivity contribution is 5.94. The summed E-state index contributed by atoms with van der Waals surface area (Å²) in [5.41, 5.74) is 2.43. The molecule has 1 aliphatic carbocycles. The summed E-state index contributed by atoms with van der Waals surface area (Å²) in [6, 6.07) is 17.0. The summed E-state index contributed by atoms with van der Waals surface area (Å²) in [5, 5.41) is 10.2. The van der Waals surface area contributed by atoms with Crippen molar-refractivity contribution in [2.75, 3.05) is 6.54 Å². The van der Waals surface area contributed by atoms with E-state index in [0.717, 1.165) is 42.8 Å². The first-order valence-electron chi connectivity index (χ1n) is 10.8. The van der Waals surface area contributed by atoms with Crippen LogP contribution >= 0.6 is 0 Å². The van der Waals surface area contributed by atoms with E-state index in [0.29, 0.717) is 24.6 Å². The van der Waals surface area contributed by atoms with Crippen LogP contribution in [0.25, 0.3) is 5.69 Å². The van der Waals surface area contributed by atoms with Crippen LogP contribution in [0.15, 0.2) is 54.6 Å². The molecule has 0 spiro atoms. The molecule has 160 valence electrons. The lowest BCUT2D eigenvalue weighted by atomic mass is 10.1. The molecule has 0 bridgehead atoms. The van der Waals surface area contributed by atoms with Gasteiger partial charge in [0.1, 0.15) is 5.82 Å². The number of nitrogens with one attached hydrogen (secondary N) is 2. The molecule has 1 fully saturated rings. The summed E-state index contributed by atoms with van der Waals surface area (Å²) in [5.74, 6) is 1.00. The van der Waals surface area contributed by atoms with Crippen LogP contribution in [0.2, 0.25) is 0 Å². The number of benzene rings is 2. The molecule has 0 saturated heterocycles. The van der Waals surface area contributed by atoms with Crippen LogP contribution in [-0.4, -0.2) is 33.1 Å². The monoisotopic (exact) mass is 417 g/mol. The Labute approximate surface area is 181 Å². The van der Waals surface area contributed by atoms with Crippen molar-refractivity contribution in [2.24, 2.45) is 0 Å². The molecule has 2 amide bonds. The van der Waals surface area contributed by atoms with Gasteiger partial charge in [-0.1, -0.05) is 43.7 Å². The lowest BCUT2D eigenvalue weighted by molar-refractivity contribution is 0.0935. The van der Waals surface area contributed by atoms with Gasteiger partial charge in [0.05, 0.1) is 5.69 Å². The highest BCUT2D eigenvalue weighted by Gasteiger charge is 2.31. The molecule has 1 aliphatic rings. The van der Waals surface area contributed by atoms with E-state index in [1.165, 1.54) is 0 Å². The Balaban J connectivity index is 1.38. The maximum absolute atomic E-state index is 12.7. The smallest absolute Gasteiger partial charge is 0.291 e. The number of nitrogens with zero attached hydrogens (tertiary/aromatic N) is 3. The van der Waals surface area contributed by atoms with Crippen molar-refractivity contribution in [3.8, 4) is 5.69 Å². The summed E-state index contributed by atoms with van der Waals surface area (Å²) in [6.45, 7) is 3.11. The Hall–Kier alpha value is -3.48. The van der Waals surface area contributed by atoms with E-state index in [4.69, 9.17) is 0 Å². The Bertz CT molecular complexity index is 1040. The molecular formula is C24H27N5O2. The zero-order valence-electron chi connectivity index (χ0n) is 17.7. The molecule has 1 aromatic heterocycles. The topological polar surface area (TPSA) is 88.9 Å². The van der Waals surface area contributed by atoms with Crippen molar-refractivity contribution in [3.05, 3.63) is 77.4 Å². The van der Waals surface area contributed by atoms with Crippen molar-refractivity contribution in [2.45, 2.75) is 45.1 Å². The van der Waals surface area contributed by atoms with Crippen molar-refractivity contribution < 1.29 is 9.59 Å². The number of rotatable bonds is 9. The summed E-state index contributed by atoms with van der Waals surface area (Å²) in [4.78, 5) is 29.3. The Kier molecular flexibility index (Phi) is 6.40.